The third kappa shape index (κ3) is 3.06. The summed E-state index contributed by atoms with van der Waals surface area (Å²) in [7, 11) is 3.44. The lowest BCUT2D eigenvalue weighted by atomic mass is 9.55. The lowest BCUT2D eigenvalue weighted by Gasteiger charge is -2.49. The van der Waals surface area contributed by atoms with E-state index in [4.69, 9.17) is 9.47 Å². The summed E-state index contributed by atoms with van der Waals surface area (Å²) in [6.45, 7) is 2.33. The number of aliphatic hydroxyl groups is 1. The number of ether oxygens (including phenoxy) is 2. The average molecular weight is 405 g/mol. The molecule has 3 heteroatoms. The highest BCUT2D eigenvalue weighted by Gasteiger charge is 2.56. The first-order valence-corrected chi connectivity index (χ1v) is 11.2. The molecule has 0 aromatic heterocycles. The summed E-state index contributed by atoms with van der Waals surface area (Å²) in [5.74, 6) is 3.65. The second-order valence-corrected chi connectivity index (χ2v) is 9.62. The molecule has 0 saturated heterocycles. The Bertz CT molecular complexity index is 961. The number of aryl methyl sites for hydroxylation is 1. The fourth-order valence-electron chi connectivity index (χ4n) is 6.60. The maximum atomic E-state index is 11.3. The van der Waals surface area contributed by atoms with E-state index in [2.05, 4.69) is 43.3 Å². The van der Waals surface area contributed by atoms with Crippen molar-refractivity contribution in [3.8, 4) is 11.5 Å². The Kier molecular flexibility index (Phi) is 4.89. The predicted octanol–water partition coefficient (Wildman–Crippen LogP) is 5.61. The van der Waals surface area contributed by atoms with E-state index in [0.717, 1.165) is 36.3 Å². The molecular weight excluding hydrogens is 372 g/mol. The quantitative estimate of drug-likeness (QED) is 0.722. The number of benzene rings is 2. The van der Waals surface area contributed by atoms with Gasteiger partial charge in [-0.25, -0.2) is 0 Å². The van der Waals surface area contributed by atoms with Gasteiger partial charge in [0.1, 0.15) is 11.5 Å². The summed E-state index contributed by atoms with van der Waals surface area (Å²) in [4.78, 5) is 0. The van der Waals surface area contributed by atoms with Crippen LogP contribution in [0.2, 0.25) is 0 Å². The number of aliphatic hydroxyl groups excluding tert-OH is 1. The smallest absolute Gasteiger partial charge is 0.119 e. The first-order valence-electron chi connectivity index (χ1n) is 11.2. The molecule has 2 fully saturated rings. The monoisotopic (exact) mass is 404 g/mol. The summed E-state index contributed by atoms with van der Waals surface area (Å²) in [6.07, 6.45) is 7.47. The van der Waals surface area contributed by atoms with Crippen LogP contribution in [0.5, 0.6) is 11.5 Å². The molecule has 0 radical (unpaired) electrons. The summed E-state index contributed by atoms with van der Waals surface area (Å²) < 4.78 is 10.7. The Morgan fingerprint density at radius 2 is 1.73 bits per heavy atom. The van der Waals surface area contributed by atoms with Gasteiger partial charge in [0.25, 0.3) is 0 Å². The van der Waals surface area contributed by atoms with Gasteiger partial charge in [-0.1, -0.05) is 31.2 Å². The van der Waals surface area contributed by atoms with E-state index in [9.17, 15) is 5.11 Å². The zero-order chi connectivity index (χ0) is 20.9. The molecule has 2 aromatic carbocycles. The number of fused-ring (bicyclic) bond motifs is 5. The highest BCUT2D eigenvalue weighted by Crippen LogP contribution is 2.62. The van der Waals surface area contributed by atoms with Gasteiger partial charge in [0.05, 0.1) is 20.3 Å². The van der Waals surface area contributed by atoms with Gasteiger partial charge in [0.15, 0.2) is 0 Å². The van der Waals surface area contributed by atoms with Crippen LogP contribution in [0.15, 0.2) is 48.0 Å². The van der Waals surface area contributed by atoms with Gasteiger partial charge in [-0.2, -0.15) is 0 Å². The van der Waals surface area contributed by atoms with Crippen LogP contribution >= 0.6 is 0 Å². The molecular formula is C27H32O3. The second kappa shape index (κ2) is 7.46. The fourth-order valence-corrected chi connectivity index (χ4v) is 6.60. The van der Waals surface area contributed by atoms with Crippen LogP contribution in [0.1, 0.15) is 55.2 Å². The summed E-state index contributed by atoms with van der Waals surface area (Å²) >= 11 is 0. The molecule has 1 N–H and O–H groups in total. The molecule has 0 spiro atoms. The molecule has 0 unspecified atom stereocenters. The zero-order valence-corrected chi connectivity index (χ0v) is 18.2. The number of rotatable bonds is 3. The molecule has 0 aliphatic heterocycles. The minimum atomic E-state index is -0.345. The zero-order valence-electron chi connectivity index (χ0n) is 18.2. The van der Waals surface area contributed by atoms with Gasteiger partial charge in [0, 0.05) is 5.41 Å². The van der Waals surface area contributed by atoms with E-state index in [-0.39, 0.29) is 11.5 Å². The van der Waals surface area contributed by atoms with Crippen molar-refractivity contribution in [3.05, 3.63) is 64.7 Å². The van der Waals surface area contributed by atoms with Crippen molar-refractivity contribution >= 4 is 6.08 Å². The van der Waals surface area contributed by atoms with Crippen molar-refractivity contribution in [2.45, 2.75) is 51.0 Å². The maximum Gasteiger partial charge on any atom is 0.119 e. The average Bonchev–Trinajstić information content (AvgIpc) is 3.04. The third-order valence-electron chi connectivity index (χ3n) is 8.27. The molecule has 3 aliphatic carbocycles. The third-order valence-corrected chi connectivity index (χ3v) is 8.27. The van der Waals surface area contributed by atoms with Crippen molar-refractivity contribution in [2.75, 3.05) is 14.2 Å². The molecule has 5 atom stereocenters. The van der Waals surface area contributed by atoms with Crippen LogP contribution in [-0.2, 0) is 6.42 Å². The maximum absolute atomic E-state index is 11.3. The van der Waals surface area contributed by atoms with E-state index in [1.54, 1.807) is 14.2 Å². The molecule has 0 amide bonds. The van der Waals surface area contributed by atoms with Gasteiger partial charge in [-0.05, 0) is 96.4 Å². The van der Waals surface area contributed by atoms with Crippen molar-refractivity contribution in [3.63, 3.8) is 0 Å². The number of hydrogen-bond donors (Lipinski definition) is 1. The Hall–Kier alpha value is -2.26. The molecule has 3 nitrogen and oxygen atoms in total. The van der Waals surface area contributed by atoms with Crippen LogP contribution in [-0.4, -0.2) is 25.4 Å². The Labute approximate surface area is 179 Å². The lowest BCUT2D eigenvalue weighted by Crippen LogP contribution is -2.44. The highest BCUT2D eigenvalue weighted by atomic mass is 16.5. The van der Waals surface area contributed by atoms with Crippen LogP contribution in [0.4, 0.5) is 0 Å². The SMILES string of the molecule is COc1ccc(/C=C2\C[C@H]3[C@H]4CCc5cc(OC)ccc5[C@@H]4CC[C@]3(C)[C@H]2O)cc1. The summed E-state index contributed by atoms with van der Waals surface area (Å²) in [5, 5.41) is 11.3. The molecule has 2 aromatic rings. The van der Waals surface area contributed by atoms with Gasteiger partial charge in [-0.3, -0.25) is 0 Å². The Balaban J connectivity index is 1.44. The van der Waals surface area contributed by atoms with E-state index < -0.39 is 0 Å². The van der Waals surface area contributed by atoms with Gasteiger partial charge in [-0.15, -0.1) is 0 Å². The largest absolute Gasteiger partial charge is 0.497 e. The van der Waals surface area contributed by atoms with Crippen molar-refractivity contribution in [1.29, 1.82) is 0 Å². The molecule has 2 saturated carbocycles. The van der Waals surface area contributed by atoms with E-state index in [1.807, 2.05) is 12.1 Å². The van der Waals surface area contributed by atoms with E-state index in [1.165, 1.54) is 29.5 Å². The van der Waals surface area contributed by atoms with Gasteiger partial charge < -0.3 is 14.6 Å². The molecule has 0 bridgehead atoms. The summed E-state index contributed by atoms with van der Waals surface area (Å²) in [5.41, 5.74) is 5.32. The van der Waals surface area contributed by atoms with Gasteiger partial charge >= 0.3 is 0 Å². The molecule has 5 rings (SSSR count). The first kappa shape index (κ1) is 19.7. The van der Waals surface area contributed by atoms with Gasteiger partial charge in [0.2, 0.25) is 0 Å². The van der Waals surface area contributed by atoms with Crippen molar-refractivity contribution in [2.24, 2.45) is 17.3 Å². The lowest BCUT2D eigenvalue weighted by molar-refractivity contribution is -0.0158. The van der Waals surface area contributed by atoms with E-state index in [0.29, 0.717) is 17.8 Å². The highest BCUT2D eigenvalue weighted by molar-refractivity contribution is 5.56. The van der Waals surface area contributed by atoms with Crippen LogP contribution in [0, 0.1) is 17.3 Å². The second-order valence-electron chi connectivity index (χ2n) is 9.62. The molecule has 30 heavy (non-hydrogen) atoms. The molecule has 0 heterocycles. The Morgan fingerprint density at radius 1 is 1.00 bits per heavy atom. The minimum absolute atomic E-state index is 0.0105. The van der Waals surface area contributed by atoms with Crippen LogP contribution in [0.3, 0.4) is 0 Å². The predicted molar refractivity (Wildman–Crippen MR) is 120 cm³/mol. The van der Waals surface area contributed by atoms with E-state index >= 15 is 0 Å². The normalized spacial score (nSPS) is 33.5. The standard InChI is InChI=1S/C27H32O3/c1-27-13-12-23-22-11-9-21(30-3)15-18(22)6-10-24(23)25(27)16-19(26(27)28)14-17-4-7-20(29-2)8-5-17/h4-5,7-9,11,14-15,23-26,28H,6,10,12-13,16H2,1-3H3/b19-14+/t23-,24-,25-,26-,27-/m0/s1. The van der Waals surface area contributed by atoms with Crippen molar-refractivity contribution in [1.82, 2.24) is 0 Å². The van der Waals surface area contributed by atoms with Crippen LogP contribution in [0.25, 0.3) is 6.08 Å². The molecule has 3 aliphatic rings. The number of hydrogen-bond acceptors (Lipinski definition) is 3. The Morgan fingerprint density at radius 3 is 2.47 bits per heavy atom. The summed E-state index contributed by atoms with van der Waals surface area (Å²) in [6, 6.07) is 14.8. The fraction of sp³-hybridized carbons (Fsp3) is 0.481. The topological polar surface area (TPSA) is 38.7 Å². The van der Waals surface area contributed by atoms with Crippen LogP contribution < -0.4 is 9.47 Å². The first-order chi connectivity index (χ1) is 14.5. The molecule has 158 valence electrons. The minimum Gasteiger partial charge on any atom is -0.497 e. The number of methoxy groups -OCH3 is 2. The van der Waals surface area contributed by atoms with Crippen molar-refractivity contribution < 1.29 is 14.6 Å².